The topological polar surface area (TPSA) is 52.9 Å². The summed E-state index contributed by atoms with van der Waals surface area (Å²) >= 11 is 0. The molecule has 0 aliphatic rings. The van der Waals surface area contributed by atoms with Crippen LogP contribution in [-0.4, -0.2) is 5.91 Å². The maximum atomic E-state index is 11.5. The molecular formula is C14H18N2O. The van der Waals surface area contributed by atoms with E-state index in [1.165, 1.54) is 0 Å². The fourth-order valence-corrected chi connectivity index (χ4v) is 1.71. The predicted molar refractivity (Wildman–Crippen MR) is 68.7 cm³/mol. The highest BCUT2D eigenvalue weighted by Gasteiger charge is 2.19. The zero-order valence-electron chi connectivity index (χ0n) is 10.8. The van der Waals surface area contributed by atoms with E-state index in [1.807, 2.05) is 31.2 Å². The van der Waals surface area contributed by atoms with E-state index in [0.717, 1.165) is 16.8 Å². The van der Waals surface area contributed by atoms with Crippen molar-refractivity contribution in [2.24, 2.45) is 0 Å². The lowest BCUT2D eigenvalue weighted by Gasteiger charge is -2.24. The lowest BCUT2D eigenvalue weighted by molar-refractivity contribution is -0.115. The van der Waals surface area contributed by atoms with Crippen LogP contribution in [0, 0.1) is 18.3 Å². The van der Waals surface area contributed by atoms with Crippen LogP contribution in [0.15, 0.2) is 18.2 Å². The highest BCUT2D eigenvalue weighted by atomic mass is 16.1. The quantitative estimate of drug-likeness (QED) is 0.848. The third-order valence-electron chi connectivity index (χ3n) is 2.58. The molecule has 0 saturated heterocycles. The molecule has 0 saturated carbocycles. The SMILES string of the molecule is Cc1cccc(C(C)(C)C)c1NC(=O)CC#N. The number of nitrogens with one attached hydrogen (secondary N) is 1. The van der Waals surface area contributed by atoms with Gasteiger partial charge >= 0.3 is 0 Å². The van der Waals surface area contributed by atoms with Gasteiger partial charge in [0.2, 0.25) is 5.91 Å². The summed E-state index contributed by atoms with van der Waals surface area (Å²) in [6.45, 7) is 8.25. The molecule has 1 aromatic rings. The standard InChI is InChI=1S/C14H18N2O/c1-10-6-5-7-11(14(2,3)4)13(10)16-12(17)8-9-15/h5-7H,8H2,1-4H3,(H,16,17). The second-order valence-electron chi connectivity index (χ2n) is 5.13. The van der Waals surface area contributed by atoms with Gasteiger partial charge in [-0.05, 0) is 23.5 Å². The monoisotopic (exact) mass is 230 g/mol. The number of hydrogen-bond donors (Lipinski definition) is 1. The second-order valence-corrected chi connectivity index (χ2v) is 5.13. The molecule has 1 N–H and O–H groups in total. The molecule has 0 unspecified atom stereocenters. The van der Waals surface area contributed by atoms with Gasteiger partial charge in [-0.15, -0.1) is 0 Å². The molecule has 0 radical (unpaired) electrons. The number of amides is 1. The fourth-order valence-electron chi connectivity index (χ4n) is 1.71. The van der Waals surface area contributed by atoms with Gasteiger partial charge in [-0.25, -0.2) is 0 Å². The van der Waals surface area contributed by atoms with Crippen molar-refractivity contribution in [2.45, 2.75) is 39.5 Å². The molecule has 0 heterocycles. The summed E-state index contributed by atoms with van der Waals surface area (Å²) in [7, 11) is 0. The Morgan fingerprint density at radius 2 is 2.06 bits per heavy atom. The van der Waals surface area contributed by atoms with E-state index >= 15 is 0 Å². The lowest BCUT2D eigenvalue weighted by Crippen LogP contribution is -2.19. The zero-order valence-corrected chi connectivity index (χ0v) is 10.8. The third kappa shape index (κ3) is 3.32. The largest absolute Gasteiger partial charge is 0.325 e. The number of hydrogen-bond acceptors (Lipinski definition) is 2. The molecule has 1 rings (SSSR count). The molecule has 3 heteroatoms. The van der Waals surface area contributed by atoms with Crippen molar-refractivity contribution in [3.8, 4) is 6.07 Å². The molecule has 0 bridgehead atoms. The van der Waals surface area contributed by atoms with Gasteiger partial charge in [-0.2, -0.15) is 5.26 Å². The van der Waals surface area contributed by atoms with E-state index in [9.17, 15) is 4.79 Å². The van der Waals surface area contributed by atoms with Crippen LogP contribution in [0.25, 0.3) is 0 Å². The van der Waals surface area contributed by atoms with Crippen LogP contribution in [0.5, 0.6) is 0 Å². The third-order valence-corrected chi connectivity index (χ3v) is 2.58. The Morgan fingerprint density at radius 1 is 1.41 bits per heavy atom. The van der Waals surface area contributed by atoms with Crippen molar-refractivity contribution in [1.82, 2.24) is 0 Å². The van der Waals surface area contributed by atoms with Gasteiger partial charge in [0.1, 0.15) is 6.42 Å². The van der Waals surface area contributed by atoms with Gasteiger partial charge in [0.15, 0.2) is 0 Å². The Labute approximate surface area is 102 Å². The Bertz CT molecular complexity index is 464. The van der Waals surface area contributed by atoms with Crippen LogP contribution in [-0.2, 0) is 10.2 Å². The smallest absolute Gasteiger partial charge is 0.238 e. The Kier molecular flexibility index (Phi) is 3.90. The first-order chi connectivity index (χ1) is 7.86. The van der Waals surface area contributed by atoms with Crippen LogP contribution in [0.1, 0.15) is 38.3 Å². The molecule has 17 heavy (non-hydrogen) atoms. The number of carbonyl (C=O) groups excluding carboxylic acids is 1. The summed E-state index contributed by atoms with van der Waals surface area (Å²) < 4.78 is 0. The molecule has 0 atom stereocenters. The lowest BCUT2D eigenvalue weighted by atomic mass is 9.84. The first kappa shape index (κ1) is 13.2. The Morgan fingerprint density at radius 3 is 2.59 bits per heavy atom. The van der Waals surface area contributed by atoms with E-state index in [2.05, 4.69) is 26.1 Å². The summed E-state index contributed by atoms with van der Waals surface area (Å²) in [6.07, 6.45) is -0.113. The number of benzene rings is 1. The molecule has 1 amide bonds. The van der Waals surface area contributed by atoms with Crippen LogP contribution in [0.3, 0.4) is 0 Å². The first-order valence-corrected chi connectivity index (χ1v) is 5.63. The molecule has 0 fully saturated rings. The minimum absolute atomic E-state index is 0.0404. The number of nitriles is 1. The van der Waals surface area contributed by atoms with Gasteiger partial charge in [0.05, 0.1) is 6.07 Å². The number of carbonyl (C=O) groups is 1. The van der Waals surface area contributed by atoms with Crippen LogP contribution >= 0.6 is 0 Å². The molecule has 0 aromatic heterocycles. The Hall–Kier alpha value is -1.82. The summed E-state index contributed by atoms with van der Waals surface area (Å²) in [6, 6.07) is 7.80. The summed E-state index contributed by atoms with van der Waals surface area (Å²) in [5.74, 6) is -0.257. The summed E-state index contributed by atoms with van der Waals surface area (Å²) in [4.78, 5) is 11.5. The maximum Gasteiger partial charge on any atom is 0.238 e. The minimum Gasteiger partial charge on any atom is -0.325 e. The van der Waals surface area contributed by atoms with Gasteiger partial charge in [-0.3, -0.25) is 4.79 Å². The van der Waals surface area contributed by atoms with Crippen molar-refractivity contribution >= 4 is 11.6 Å². The molecule has 90 valence electrons. The van der Waals surface area contributed by atoms with Gasteiger partial charge in [-0.1, -0.05) is 39.0 Å². The normalized spacial score (nSPS) is 10.8. The Balaban J connectivity index is 3.14. The van der Waals surface area contributed by atoms with E-state index in [1.54, 1.807) is 0 Å². The molecule has 0 aliphatic heterocycles. The average Bonchev–Trinajstić information content (AvgIpc) is 2.19. The first-order valence-electron chi connectivity index (χ1n) is 5.63. The molecule has 0 spiro atoms. The highest BCUT2D eigenvalue weighted by molar-refractivity contribution is 5.93. The summed E-state index contributed by atoms with van der Waals surface area (Å²) in [5, 5.41) is 11.3. The van der Waals surface area contributed by atoms with Crippen molar-refractivity contribution in [3.63, 3.8) is 0 Å². The number of anilines is 1. The van der Waals surface area contributed by atoms with E-state index in [0.29, 0.717) is 0 Å². The fraction of sp³-hybridized carbons (Fsp3) is 0.429. The van der Waals surface area contributed by atoms with E-state index in [4.69, 9.17) is 5.26 Å². The van der Waals surface area contributed by atoms with Crippen LogP contribution in [0.2, 0.25) is 0 Å². The predicted octanol–water partition coefficient (Wildman–Crippen LogP) is 3.14. The minimum atomic E-state index is -0.257. The summed E-state index contributed by atoms with van der Waals surface area (Å²) in [5.41, 5.74) is 2.90. The van der Waals surface area contributed by atoms with Crippen molar-refractivity contribution in [1.29, 1.82) is 5.26 Å². The van der Waals surface area contributed by atoms with Crippen LogP contribution in [0.4, 0.5) is 5.69 Å². The van der Waals surface area contributed by atoms with Gasteiger partial charge in [0, 0.05) is 5.69 Å². The number of aryl methyl sites for hydroxylation is 1. The average molecular weight is 230 g/mol. The van der Waals surface area contributed by atoms with Crippen LogP contribution < -0.4 is 5.32 Å². The van der Waals surface area contributed by atoms with E-state index in [-0.39, 0.29) is 17.7 Å². The highest BCUT2D eigenvalue weighted by Crippen LogP contribution is 2.31. The number of rotatable bonds is 2. The van der Waals surface area contributed by atoms with Crippen molar-refractivity contribution in [2.75, 3.05) is 5.32 Å². The van der Waals surface area contributed by atoms with Gasteiger partial charge in [0.25, 0.3) is 0 Å². The number of nitrogens with zero attached hydrogens (tertiary/aromatic N) is 1. The molecule has 3 nitrogen and oxygen atoms in total. The second kappa shape index (κ2) is 5.01. The number of para-hydroxylation sites is 1. The maximum absolute atomic E-state index is 11.5. The zero-order chi connectivity index (χ0) is 13.1. The molecule has 1 aromatic carbocycles. The van der Waals surface area contributed by atoms with Gasteiger partial charge < -0.3 is 5.32 Å². The van der Waals surface area contributed by atoms with Crippen molar-refractivity contribution < 1.29 is 4.79 Å². The molecular weight excluding hydrogens is 212 g/mol. The van der Waals surface area contributed by atoms with E-state index < -0.39 is 0 Å². The van der Waals surface area contributed by atoms with Crippen molar-refractivity contribution in [3.05, 3.63) is 29.3 Å². The molecule has 0 aliphatic carbocycles.